The molecule has 46 heavy (non-hydrogen) atoms. The Morgan fingerprint density at radius 1 is 0.957 bits per heavy atom. The highest BCUT2D eigenvalue weighted by atomic mass is 16.6. The number of ether oxygens (including phenoxy) is 4. The van der Waals surface area contributed by atoms with Crippen molar-refractivity contribution in [1.29, 1.82) is 0 Å². The van der Waals surface area contributed by atoms with Gasteiger partial charge in [0.1, 0.15) is 23.4 Å². The normalized spacial score (nSPS) is 16.8. The standard InChI is InChI=1S/C34H41N5O7/c1-33(2,3)28-18-29(39-46-28)38-32(41)37-21-11-9-13-23(15-21)44-30-24-16-27(26(42-7)17-25(24)35-19-36-30)43-22-12-8-10-20(14-22)31(40)45-34(4,5)6/h9,11,13,15-20,22H,8,10,12,14H2,1-7H3,(H2,37,38,39,41)/t20?,22-/m0/s1. The molecule has 0 saturated heterocycles. The predicted octanol–water partition coefficient (Wildman–Crippen LogP) is 7.64. The van der Waals surface area contributed by atoms with Crippen LogP contribution in [0.1, 0.15) is 73.0 Å². The van der Waals surface area contributed by atoms with Crippen molar-refractivity contribution in [3.05, 3.63) is 54.6 Å². The van der Waals surface area contributed by atoms with E-state index in [1.54, 1.807) is 49.6 Å². The summed E-state index contributed by atoms with van der Waals surface area (Å²) in [6.45, 7) is 11.6. The Kier molecular flexibility index (Phi) is 9.36. The number of rotatable bonds is 8. The summed E-state index contributed by atoms with van der Waals surface area (Å²) in [6.07, 6.45) is 4.18. The minimum atomic E-state index is -0.543. The molecule has 1 saturated carbocycles. The highest BCUT2D eigenvalue weighted by Gasteiger charge is 2.32. The summed E-state index contributed by atoms with van der Waals surface area (Å²) >= 11 is 0. The third-order valence-corrected chi connectivity index (χ3v) is 7.34. The first-order valence-corrected chi connectivity index (χ1v) is 15.3. The van der Waals surface area contributed by atoms with Crippen molar-refractivity contribution in [3.8, 4) is 23.1 Å². The number of hydrogen-bond acceptors (Lipinski definition) is 10. The average molecular weight is 632 g/mol. The monoisotopic (exact) mass is 631 g/mol. The Balaban J connectivity index is 1.30. The molecule has 0 aliphatic heterocycles. The molecule has 1 fully saturated rings. The zero-order valence-corrected chi connectivity index (χ0v) is 27.3. The second-order valence-corrected chi connectivity index (χ2v) is 13.4. The van der Waals surface area contributed by atoms with Crippen LogP contribution in [-0.4, -0.2) is 45.9 Å². The molecule has 2 aromatic heterocycles. The molecule has 0 bridgehead atoms. The minimum absolute atomic E-state index is 0.196. The van der Waals surface area contributed by atoms with Gasteiger partial charge in [0.25, 0.3) is 0 Å². The van der Waals surface area contributed by atoms with E-state index in [0.29, 0.717) is 57.7 Å². The summed E-state index contributed by atoms with van der Waals surface area (Å²) in [7, 11) is 1.57. The highest BCUT2D eigenvalue weighted by Crippen LogP contribution is 2.39. The number of carbonyl (C=O) groups is 2. The number of carbonyl (C=O) groups excluding carboxylic acids is 2. The maximum absolute atomic E-state index is 12.8. The van der Waals surface area contributed by atoms with E-state index in [1.165, 1.54) is 6.33 Å². The molecule has 2 aromatic carbocycles. The van der Waals surface area contributed by atoms with E-state index in [9.17, 15) is 9.59 Å². The Bertz CT molecular complexity index is 1710. The molecule has 12 heteroatoms. The van der Waals surface area contributed by atoms with Crippen molar-refractivity contribution in [2.75, 3.05) is 17.7 Å². The van der Waals surface area contributed by atoms with Crippen LogP contribution >= 0.6 is 0 Å². The van der Waals surface area contributed by atoms with Crippen molar-refractivity contribution >= 4 is 34.4 Å². The second-order valence-electron chi connectivity index (χ2n) is 13.4. The summed E-state index contributed by atoms with van der Waals surface area (Å²) < 4.78 is 29.2. The van der Waals surface area contributed by atoms with Crippen molar-refractivity contribution in [1.82, 2.24) is 15.1 Å². The van der Waals surface area contributed by atoms with Crippen molar-refractivity contribution in [2.24, 2.45) is 5.92 Å². The van der Waals surface area contributed by atoms with Gasteiger partial charge in [-0.25, -0.2) is 14.8 Å². The lowest BCUT2D eigenvalue weighted by molar-refractivity contribution is -0.162. The van der Waals surface area contributed by atoms with Crippen LogP contribution in [0, 0.1) is 5.92 Å². The van der Waals surface area contributed by atoms with Crippen LogP contribution in [0.2, 0.25) is 0 Å². The zero-order chi connectivity index (χ0) is 33.1. The van der Waals surface area contributed by atoms with Crippen LogP contribution < -0.4 is 24.8 Å². The van der Waals surface area contributed by atoms with E-state index in [4.69, 9.17) is 23.5 Å². The lowest BCUT2D eigenvalue weighted by atomic mass is 9.87. The van der Waals surface area contributed by atoms with Crippen molar-refractivity contribution in [3.63, 3.8) is 0 Å². The van der Waals surface area contributed by atoms with Crippen molar-refractivity contribution < 1.29 is 33.1 Å². The van der Waals surface area contributed by atoms with Gasteiger partial charge in [0.15, 0.2) is 17.3 Å². The van der Waals surface area contributed by atoms with Gasteiger partial charge in [-0.15, -0.1) is 0 Å². The van der Waals surface area contributed by atoms with Crippen LogP contribution in [-0.2, 0) is 14.9 Å². The van der Waals surface area contributed by atoms with Crippen LogP contribution in [0.25, 0.3) is 10.9 Å². The maximum Gasteiger partial charge on any atom is 0.324 e. The Labute approximate surface area is 268 Å². The van der Waals surface area contributed by atoms with Crippen LogP contribution in [0.15, 0.2) is 53.3 Å². The molecular weight excluding hydrogens is 590 g/mol. The van der Waals surface area contributed by atoms with E-state index < -0.39 is 11.6 Å². The Hall–Kier alpha value is -4.87. The first-order chi connectivity index (χ1) is 21.8. The fourth-order valence-corrected chi connectivity index (χ4v) is 5.12. The number of methoxy groups -OCH3 is 1. The van der Waals surface area contributed by atoms with Gasteiger partial charge in [-0.05, 0) is 64.7 Å². The number of nitrogens with zero attached hydrogens (tertiary/aromatic N) is 3. The number of amides is 2. The number of benzene rings is 2. The summed E-state index contributed by atoms with van der Waals surface area (Å²) in [5, 5.41) is 9.99. The molecule has 244 valence electrons. The van der Waals surface area contributed by atoms with Crippen LogP contribution in [0.4, 0.5) is 16.3 Å². The molecule has 2 N–H and O–H groups in total. The van der Waals surface area contributed by atoms with Gasteiger partial charge < -0.3 is 28.8 Å². The van der Waals surface area contributed by atoms with E-state index in [1.807, 2.05) is 41.5 Å². The van der Waals surface area contributed by atoms with Crippen LogP contribution in [0.3, 0.4) is 0 Å². The Morgan fingerprint density at radius 3 is 2.48 bits per heavy atom. The summed E-state index contributed by atoms with van der Waals surface area (Å²) in [4.78, 5) is 34.2. The van der Waals surface area contributed by atoms with Gasteiger partial charge in [-0.3, -0.25) is 10.1 Å². The number of esters is 1. The van der Waals surface area contributed by atoms with E-state index in [0.717, 1.165) is 19.3 Å². The quantitative estimate of drug-likeness (QED) is 0.186. The lowest BCUT2D eigenvalue weighted by Crippen LogP contribution is -2.34. The minimum Gasteiger partial charge on any atom is -0.493 e. The largest absolute Gasteiger partial charge is 0.493 e. The van der Waals surface area contributed by atoms with Gasteiger partial charge in [0.05, 0.1) is 30.0 Å². The van der Waals surface area contributed by atoms with Gasteiger partial charge in [0.2, 0.25) is 5.88 Å². The van der Waals surface area contributed by atoms with E-state index in [-0.39, 0.29) is 23.4 Å². The molecule has 0 radical (unpaired) electrons. The summed E-state index contributed by atoms with van der Waals surface area (Å²) in [5.41, 5.74) is 0.314. The second kappa shape index (κ2) is 13.2. The average Bonchev–Trinajstić information content (AvgIpc) is 3.46. The number of nitrogens with one attached hydrogen (secondary N) is 2. The Morgan fingerprint density at radius 2 is 1.76 bits per heavy atom. The summed E-state index contributed by atoms with van der Waals surface area (Å²) in [6, 6.07) is 11.7. The number of urea groups is 1. The molecule has 2 atom stereocenters. The third kappa shape index (κ3) is 8.23. The van der Waals surface area contributed by atoms with E-state index >= 15 is 0 Å². The molecule has 1 unspecified atom stereocenters. The SMILES string of the molecule is COc1cc2ncnc(Oc3cccc(NC(=O)Nc4cc(C(C)(C)C)on4)c3)c2cc1O[C@H]1CCCC(C(=O)OC(C)(C)C)C1. The fraction of sp³-hybridized carbons (Fsp3) is 0.441. The van der Waals surface area contributed by atoms with Crippen molar-refractivity contribution in [2.45, 2.75) is 84.3 Å². The number of hydrogen-bond donors (Lipinski definition) is 2. The van der Waals surface area contributed by atoms with Gasteiger partial charge in [0, 0.05) is 29.3 Å². The molecule has 1 aliphatic rings. The molecule has 12 nitrogen and oxygen atoms in total. The first kappa shape index (κ1) is 32.5. The van der Waals surface area contributed by atoms with Crippen LogP contribution in [0.5, 0.6) is 23.1 Å². The molecular formula is C34H41N5O7. The molecule has 5 rings (SSSR count). The van der Waals surface area contributed by atoms with Gasteiger partial charge >= 0.3 is 12.0 Å². The molecule has 4 aromatic rings. The van der Waals surface area contributed by atoms with Gasteiger partial charge in [-0.2, -0.15) is 0 Å². The fourth-order valence-electron chi connectivity index (χ4n) is 5.12. The van der Waals surface area contributed by atoms with E-state index in [2.05, 4.69) is 25.8 Å². The lowest BCUT2D eigenvalue weighted by Gasteiger charge is -2.31. The smallest absolute Gasteiger partial charge is 0.324 e. The molecule has 2 heterocycles. The molecule has 0 spiro atoms. The molecule has 1 aliphatic carbocycles. The number of anilines is 2. The topological polar surface area (TPSA) is 147 Å². The maximum atomic E-state index is 12.8. The highest BCUT2D eigenvalue weighted by molar-refractivity contribution is 5.99. The number of aromatic nitrogens is 3. The molecule has 2 amide bonds. The first-order valence-electron chi connectivity index (χ1n) is 15.3. The number of fused-ring (bicyclic) bond motifs is 1. The predicted molar refractivity (Wildman–Crippen MR) is 173 cm³/mol. The zero-order valence-electron chi connectivity index (χ0n) is 27.3. The summed E-state index contributed by atoms with van der Waals surface area (Å²) in [5.74, 6) is 2.29. The third-order valence-electron chi connectivity index (χ3n) is 7.34. The van der Waals surface area contributed by atoms with Gasteiger partial charge in [-0.1, -0.05) is 32.0 Å².